The number of amides is 1. The van der Waals surface area contributed by atoms with Crippen LogP contribution in [0.4, 0.5) is 18.9 Å². The topological polar surface area (TPSA) is 46.3 Å². The molecule has 2 aromatic carbocycles. The Kier molecular flexibility index (Phi) is 3.82. The number of rotatable bonds is 2. The highest BCUT2D eigenvalue weighted by atomic mass is 35.5. The summed E-state index contributed by atoms with van der Waals surface area (Å²) in [5.41, 5.74) is 5.79. The minimum Gasteiger partial charge on any atom is -0.318 e. The second-order valence-electron chi connectivity index (χ2n) is 5.25. The fourth-order valence-corrected chi connectivity index (χ4v) is 2.93. The predicted octanol–water partition coefficient (Wildman–Crippen LogP) is 3.77. The van der Waals surface area contributed by atoms with Gasteiger partial charge in [0.25, 0.3) is 0 Å². The molecule has 120 valence electrons. The lowest BCUT2D eigenvalue weighted by Gasteiger charge is -2.46. The zero-order valence-electron chi connectivity index (χ0n) is 11.7. The summed E-state index contributed by atoms with van der Waals surface area (Å²) in [6, 6.07) is 10.0. The Labute approximate surface area is 135 Å². The monoisotopic (exact) mass is 340 g/mol. The van der Waals surface area contributed by atoms with E-state index < -0.39 is 29.7 Å². The van der Waals surface area contributed by atoms with Crippen LogP contribution in [0.25, 0.3) is 0 Å². The Balaban J connectivity index is 2.02. The van der Waals surface area contributed by atoms with Gasteiger partial charge in [-0.05, 0) is 29.8 Å². The number of hydrogen-bond donors (Lipinski definition) is 1. The first-order valence-electron chi connectivity index (χ1n) is 6.81. The average Bonchev–Trinajstić information content (AvgIpc) is 2.52. The number of halogens is 4. The van der Waals surface area contributed by atoms with Gasteiger partial charge in [0.05, 0.1) is 11.6 Å². The van der Waals surface area contributed by atoms with Gasteiger partial charge in [0.15, 0.2) is 0 Å². The van der Waals surface area contributed by atoms with Gasteiger partial charge in [0, 0.05) is 10.7 Å². The first kappa shape index (κ1) is 15.8. The number of carbonyl (C=O) groups is 1. The molecule has 0 spiro atoms. The van der Waals surface area contributed by atoms with Gasteiger partial charge in [-0.3, -0.25) is 4.79 Å². The number of alkyl halides is 3. The van der Waals surface area contributed by atoms with Gasteiger partial charge in [0.1, 0.15) is 6.04 Å². The molecular formula is C16H12ClF3N2O. The average molecular weight is 341 g/mol. The Morgan fingerprint density at radius 1 is 1.09 bits per heavy atom. The van der Waals surface area contributed by atoms with Crippen LogP contribution in [-0.2, 0) is 11.0 Å². The molecule has 2 atom stereocenters. The highest BCUT2D eigenvalue weighted by molar-refractivity contribution is 6.31. The van der Waals surface area contributed by atoms with E-state index in [1.165, 1.54) is 17.0 Å². The van der Waals surface area contributed by atoms with E-state index in [1.54, 1.807) is 24.3 Å². The summed E-state index contributed by atoms with van der Waals surface area (Å²) in [6.07, 6.45) is -4.48. The van der Waals surface area contributed by atoms with Crippen molar-refractivity contribution in [2.45, 2.75) is 18.3 Å². The lowest BCUT2D eigenvalue weighted by molar-refractivity contribution is -0.137. The fraction of sp³-hybridized carbons (Fsp3) is 0.188. The second-order valence-corrected chi connectivity index (χ2v) is 5.66. The maximum atomic E-state index is 12.9. The Morgan fingerprint density at radius 3 is 2.43 bits per heavy atom. The van der Waals surface area contributed by atoms with E-state index in [1.807, 2.05) is 0 Å². The van der Waals surface area contributed by atoms with E-state index in [2.05, 4.69) is 0 Å². The largest absolute Gasteiger partial charge is 0.416 e. The SMILES string of the molecule is N[C@H]1C(=O)N(c2cccc(C(F)(F)F)c2)[C@@H]1c1ccccc1Cl. The molecule has 3 rings (SSSR count). The van der Waals surface area contributed by atoms with Crippen LogP contribution in [-0.4, -0.2) is 11.9 Å². The van der Waals surface area contributed by atoms with Crippen LogP contribution in [0, 0.1) is 0 Å². The molecule has 2 aromatic rings. The molecule has 1 heterocycles. The summed E-state index contributed by atoms with van der Waals surface area (Å²) in [4.78, 5) is 13.3. The zero-order valence-corrected chi connectivity index (χ0v) is 12.5. The van der Waals surface area contributed by atoms with Crippen molar-refractivity contribution in [3.63, 3.8) is 0 Å². The number of carbonyl (C=O) groups excluding carboxylic acids is 1. The van der Waals surface area contributed by atoms with Crippen molar-refractivity contribution in [1.29, 1.82) is 0 Å². The fourth-order valence-electron chi connectivity index (χ4n) is 2.68. The van der Waals surface area contributed by atoms with Crippen LogP contribution in [0.1, 0.15) is 17.2 Å². The summed E-state index contributed by atoms with van der Waals surface area (Å²) in [7, 11) is 0. The third-order valence-electron chi connectivity index (χ3n) is 3.82. The number of benzene rings is 2. The summed E-state index contributed by atoms with van der Waals surface area (Å²) >= 11 is 6.13. The molecule has 1 aliphatic heterocycles. The lowest BCUT2D eigenvalue weighted by atomic mass is 9.88. The molecule has 23 heavy (non-hydrogen) atoms. The molecule has 2 N–H and O–H groups in total. The lowest BCUT2D eigenvalue weighted by Crippen LogP contribution is -2.63. The number of β-lactam (4-membered cyclic amide) rings is 1. The number of nitrogens with zero attached hydrogens (tertiary/aromatic N) is 1. The van der Waals surface area contributed by atoms with E-state index >= 15 is 0 Å². The van der Waals surface area contributed by atoms with E-state index in [0.29, 0.717) is 10.6 Å². The summed E-state index contributed by atoms with van der Waals surface area (Å²) in [5.74, 6) is -0.436. The standard InChI is InChI=1S/C16H12ClF3N2O/c17-12-7-2-1-6-11(12)14-13(21)15(23)22(14)10-5-3-4-9(8-10)16(18,19)20/h1-8,13-14H,21H2/t13-,14-/m1/s1. The van der Waals surface area contributed by atoms with Crippen LogP contribution < -0.4 is 10.6 Å². The Morgan fingerprint density at radius 2 is 1.78 bits per heavy atom. The molecule has 0 aromatic heterocycles. The van der Waals surface area contributed by atoms with Gasteiger partial charge in [-0.1, -0.05) is 35.9 Å². The third-order valence-corrected chi connectivity index (χ3v) is 4.16. The molecule has 0 unspecified atom stereocenters. The van der Waals surface area contributed by atoms with Crippen LogP contribution in [0.3, 0.4) is 0 Å². The van der Waals surface area contributed by atoms with Crippen LogP contribution in [0.15, 0.2) is 48.5 Å². The summed E-state index contributed by atoms with van der Waals surface area (Å²) < 4.78 is 38.6. The van der Waals surface area contributed by atoms with Crippen molar-refractivity contribution < 1.29 is 18.0 Å². The van der Waals surface area contributed by atoms with E-state index in [0.717, 1.165) is 12.1 Å². The highest BCUT2D eigenvalue weighted by Gasteiger charge is 2.47. The molecule has 1 aliphatic rings. The predicted molar refractivity (Wildman–Crippen MR) is 81.1 cm³/mol. The van der Waals surface area contributed by atoms with Gasteiger partial charge >= 0.3 is 6.18 Å². The van der Waals surface area contributed by atoms with Gasteiger partial charge in [0.2, 0.25) is 5.91 Å². The van der Waals surface area contributed by atoms with Crippen molar-refractivity contribution in [3.8, 4) is 0 Å². The smallest absolute Gasteiger partial charge is 0.318 e. The number of hydrogen-bond acceptors (Lipinski definition) is 2. The Bertz CT molecular complexity index is 763. The maximum Gasteiger partial charge on any atom is 0.416 e. The first-order chi connectivity index (χ1) is 10.8. The molecule has 3 nitrogen and oxygen atoms in total. The zero-order chi connectivity index (χ0) is 16.8. The maximum absolute atomic E-state index is 12.9. The third kappa shape index (κ3) is 2.68. The highest BCUT2D eigenvalue weighted by Crippen LogP contribution is 2.42. The molecule has 0 bridgehead atoms. The van der Waals surface area contributed by atoms with Crippen molar-refractivity contribution >= 4 is 23.2 Å². The van der Waals surface area contributed by atoms with Crippen molar-refractivity contribution in [2.75, 3.05) is 4.90 Å². The molecular weight excluding hydrogens is 329 g/mol. The minimum absolute atomic E-state index is 0.149. The normalized spacial score (nSPS) is 21.3. The second kappa shape index (κ2) is 5.54. The van der Waals surface area contributed by atoms with Crippen LogP contribution in [0.5, 0.6) is 0 Å². The number of anilines is 1. The Hall–Kier alpha value is -2.05. The van der Waals surface area contributed by atoms with Crippen molar-refractivity contribution in [2.24, 2.45) is 5.73 Å². The van der Waals surface area contributed by atoms with E-state index in [4.69, 9.17) is 17.3 Å². The molecule has 7 heteroatoms. The molecule has 1 saturated heterocycles. The van der Waals surface area contributed by atoms with E-state index in [9.17, 15) is 18.0 Å². The van der Waals surface area contributed by atoms with Crippen molar-refractivity contribution in [1.82, 2.24) is 0 Å². The molecule has 0 aliphatic carbocycles. The molecule has 0 saturated carbocycles. The van der Waals surface area contributed by atoms with Gasteiger partial charge in [-0.25, -0.2) is 0 Å². The number of nitrogens with two attached hydrogens (primary N) is 1. The first-order valence-corrected chi connectivity index (χ1v) is 7.19. The molecule has 1 fully saturated rings. The van der Waals surface area contributed by atoms with Gasteiger partial charge < -0.3 is 10.6 Å². The van der Waals surface area contributed by atoms with Gasteiger partial charge in [-0.15, -0.1) is 0 Å². The van der Waals surface area contributed by atoms with Crippen molar-refractivity contribution in [3.05, 3.63) is 64.7 Å². The van der Waals surface area contributed by atoms with Crippen LogP contribution >= 0.6 is 11.6 Å². The minimum atomic E-state index is -4.48. The molecule has 0 radical (unpaired) electrons. The molecule has 1 amide bonds. The van der Waals surface area contributed by atoms with E-state index in [-0.39, 0.29) is 5.69 Å². The summed E-state index contributed by atoms with van der Waals surface area (Å²) in [6.45, 7) is 0. The quantitative estimate of drug-likeness (QED) is 0.846. The van der Waals surface area contributed by atoms with Gasteiger partial charge in [-0.2, -0.15) is 13.2 Å². The van der Waals surface area contributed by atoms with Crippen LogP contribution in [0.2, 0.25) is 5.02 Å². The summed E-state index contributed by atoms with van der Waals surface area (Å²) in [5, 5.41) is 0.414.